The van der Waals surface area contributed by atoms with Crippen LogP contribution in [0.4, 0.5) is 0 Å². The molecular formula is C5H5ClN2O2S. The number of hydrogen-bond donors (Lipinski definition) is 1. The quantitative estimate of drug-likeness (QED) is 0.706. The molecule has 11 heavy (non-hydrogen) atoms. The molecule has 0 aromatic carbocycles. The van der Waals surface area contributed by atoms with Crippen LogP contribution in [0.25, 0.3) is 0 Å². The molecule has 1 atom stereocenters. The van der Waals surface area contributed by atoms with Gasteiger partial charge in [0.05, 0.1) is 5.02 Å². The minimum Gasteiger partial charge on any atom is -0.306 e. The van der Waals surface area contributed by atoms with Gasteiger partial charge in [-0.2, -0.15) is 0 Å². The highest BCUT2D eigenvalue weighted by atomic mass is 35.5. The van der Waals surface area contributed by atoms with Crippen molar-refractivity contribution in [3.63, 3.8) is 0 Å². The topological polar surface area (TPSA) is 63.1 Å². The van der Waals surface area contributed by atoms with E-state index >= 15 is 0 Å². The van der Waals surface area contributed by atoms with Crippen molar-refractivity contribution in [2.45, 2.75) is 5.75 Å². The van der Waals surface area contributed by atoms with Crippen molar-refractivity contribution >= 4 is 22.7 Å². The molecule has 0 amide bonds. The first-order valence-electron chi connectivity index (χ1n) is 2.72. The Morgan fingerprint density at radius 3 is 2.55 bits per heavy atom. The van der Waals surface area contributed by atoms with Crippen LogP contribution in [0.3, 0.4) is 0 Å². The van der Waals surface area contributed by atoms with Crippen molar-refractivity contribution in [1.29, 1.82) is 0 Å². The molecule has 0 bridgehead atoms. The summed E-state index contributed by atoms with van der Waals surface area (Å²) in [7, 11) is 0. The van der Waals surface area contributed by atoms with E-state index in [1.165, 1.54) is 12.4 Å². The monoisotopic (exact) mass is 192 g/mol. The Balaban J connectivity index is 2.74. The fraction of sp³-hybridized carbons (Fsp3) is 0.200. The standard InChI is InChI=1S/C5H5ClN2O2S/c6-4-1-7-5(8-2-4)3-11(9)10/h1-2H,3H2,(H,9,10). The molecule has 1 aromatic rings. The van der Waals surface area contributed by atoms with Gasteiger partial charge >= 0.3 is 0 Å². The number of hydrogen-bond acceptors (Lipinski definition) is 3. The summed E-state index contributed by atoms with van der Waals surface area (Å²) in [5, 5.41) is 0.414. The number of rotatable bonds is 2. The molecule has 0 spiro atoms. The van der Waals surface area contributed by atoms with Gasteiger partial charge < -0.3 is 4.55 Å². The van der Waals surface area contributed by atoms with Crippen LogP contribution in [0.15, 0.2) is 12.4 Å². The Labute approximate surface area is 70.9 Å². The van der Waals surface area contributed by atoms with Crippen LogP contribution in [0, 0.1) is 0 Å². The predicted molar refractivity (Wildman–Crippen MR) is 41.5 cm³/mol. The van der Waals surface area contributed by atoms with Gasteiger partial charge in [0.2, 0.25) is 0 Å². The van der Waals surface area contributed by atoms with E-state index in [0.29, 0.717) is 10.8 Å². The molecule has 1 rings (SSSR count). The van der Waals surface area contributed by atoms with Crippen molar-refractivity contribution in [3.8, 4) is 0 Å². The average Bonchev–Trinajstić information content (AvgIpc) is 1.93. The normalized spacial score (nSPS) is 12.9. The van der Waals surface area contributed by atoms with E-state index in [0.717, 1.165) is 0 Å². The predicted octanol–water partition coefficient (Wildman–Crippen LogP) is 0.852. The maximum atomic E-state index is 10.3. The maximum absolute atomic E-state index is 10.3. The molecule has 1 N–H and O–H groups in total. The summed E-state index contributed by atoms with van der Waals surface area (Å²) in [5.74, 6) is 0.257. The van der Waals surface area contributed by atoms with Crippen molar-refractivity contribution in [2.75, 3.05) is 0 Å². The number of aromatic nitrogens is 2. The van der Waals surface area contributed by atoms with Crippen LogP contribution in [-0.4, -0.2) is 18.7 Å². The molecule has 0 fully saturated rings. The summed E-state index contributed by atoms with van der Waals surface area (Å²) >= 11 is 3.59. The molecule has 0 aliphatic rings. The van der Waals surface area contributed by atoms with Gasteiger partial charge in [0.15, 0.2) is 11.1 Å². The van der Waals surface area contributed by atoms with Gasteiger partial charge in [-0.1, -0.05) is 11.6 Å². The molecule has 0 saturated heterocycles. The molecule has 0 aliphatic carbocycles. The van der Waals surface area contributed by atoms with Crippen molar-refractivity contribution in [1.82, 2.24) is 9.97 Å². The molecule has 4 nitrogen and oxygen atoms in total. The summed E-state index contributed by atoms with van der Waals surface area (Å²) in [6.07, 6.45) is 2.77. The Morgan fingerprint density at radius 2 is 2.09 bits per heavy atom. The van der Waals surface area contributed by atoms with E-state index in [1.54, 1.807) is 0 Å². The Hall–Kier alpha value is -0.520. The van der Waals surface area contributed by atoms with E-state index in [9.17, 15) is 4.21 Å². The van der Waals surface area contributed by atoms with Gasteiger partial charge in [-0.25, -0.2) is 14.2 Å². The van der Waals surface area contributed by atoms with Gasteiger partial charge in [-0.3, -0.25) is 0 Å². The lowest BCUT2D eigenvalue weighted by atomic mass is 10.6. The van der Waals surface area contributed by atoms with Crippen LogP contribution in [-0.2, 0) is 16.8 Å². The third-order valence-electron chi connectivity index (χ3n) is 0.926. The van der Waals surface area contributed by atoms with Gasteiger partial charge in [0.25, 0.3) is 0 Å². The minimum absolute atomic E-state index is 0.0584. The smallest absolute Gasteiger partial charge is 0.160 e. The fourth-order valence-electron chi connectivity index (χ4n) is 0.524. The Kier molecular flexibility index (Phi) is 2.92. The Morgan fingerprint density at radius 1 is 1.55 bits per heavy atom. The molecule has 1 heterocycles. The highest BCUT2D eigenvalue weighted by molar-refractivity contribution is 7.78. The van der Waals surface area contributed by atoms with Gasteiger partial charge in [0.1, 0.15) is 11.6 Å². The average molecular weight is 193 g/mol. The number of halogens is 1. The largest absolute Gasteiger partial charge is 0.306 e. The van der Waals surface area contributed by atoms with Crippen molar-refractivity contribution < 1.29 is 8.76 Å². The maximum Gasteiger partial charge on any atom is 0.160 e. The molecule has 0 saturated carbocycles. The third kappa shape index (κ3) is 2.92. The summed E-state index contributed by atoms with van der Waals surface area (Å²) in [6, 6.07) is 0. The van der Waals surface area contributed by atoms with E-state index < -0.39 is 11.1 Å². The van der Waals surface area contributed by atoms with Crippen LogP contribution in [0.2, 0.25) is 5.02 Å². The summed E-state index contributed by atoms with van der Waals surface area (Å²) < 4.78 is 18.7. The van der Waals surface area contributed by atoms with E-state index in [2.05, 4.69) is 9.97 Å². The van der Waals surface area contributed by atoms with Gasteiger partial charge in [-0.15, -0.1) is 0 Å². The summed E-state index contributed by atoms with van der Waals surface area (Å²) in [5.41, 5.74) is 0. The van der Waals surface area contributed by atoms with E-state index in [1.807, 2.05) is 0 Å². The van der Waals surface area contributed by atoms with Crippen molar-refractivity contribution in [2.24, 2.45) is 0 Å². The zero-order chi connectivity index (χ0) is 8.27. The second-order valence-corrected chi connectivity index (χ2v) is 3.15. The van der Waals surface area contributed by atoms with E-state index in [-0.39, 0.29) is 5.75 Å². The molecule has 0 radical (unpaired) electrons. The van der Waals surface area contributed by atoms with Gasteiger partial charge in [0, 0.05) is 12.4 Å². The minimum atomic E-state index is -1.89. The first-order valence-corrected chi connectivity index (χ1v) is 4.38. The second-order valence-electron chi connectivity index (χ2n) is 1.78. The van der Waals surface area contributed by atoms with Crippen LogP contribution in [0.1, 0.15) is 5.82 Å². The lowest BCUT2D eigenvalue weighted by Crippen LogP contribution is -1.98. The molecular weight excluding hydrogens is 188 g/mol. The SMILES string of the molecule is O=S(O)Cc1ncc(Cl)cn1. The highest BCUT2D eigenvalue weighted by Gasteiger charge is 1.99. The van der Waals surface area contributed by atoms with Crippen LogP contribution < -0.4 is 0 Å². The summed E-state index contributed by atoms with van der Waals surface area (Å²) in [4.78, 5) is 7.44. The number of nitrogens with zero attached hydrogens (tertiary/aromatic N) is 2. The first kappa shape index (κ1) is 8.58. The molecule has 0 aliphatic heterocycles. The Bertz CT molecular complexity index is 264. The zero-order valence-electron chi connectivity index (χ0n) is 5.40. The van der Waals surface area contributed by atoms with Crippen LogP contribution in [0.5, 0.6) is 0 Å². The lowest BCUT2D eigenvalue weighted by Gasteiger charge is -1.93. The van der Waals surface area contributed by atoms with E-state index in [4.69, 9.17) is 16.2 Å². The third-order valence-corrected chi connectivity index (χ3v) is 1.63. The fourth-order valence-corrected chi connectivity index (χ4v) is 0.992. The van der Waals surface area contributed by atoms with Crippen molar-refractivity contribution in [3.05, 3.63) is 23.2 Å². The van der Waals surface area contributed by atoms with Gasteiger partial charge in [-0.05, 0) is 0 Å². The first-order chi connectivity index (χ1) is 5.18. The molecule has 1 unspecified atom stereocenters. The zero-order valence-corrected chi connectivity index (χ0v) is 6.97. The highest BCUT2D eigenvalue weighted by Crippen LogP contribution is 2.03. The second kappa shape index (κ2) is 3.75. The van der Waals surface area contributed by atoms with Crippen LogP contribution >= 0.6 is 11.6 Å². The summed E-state index contributed by atoms with van der Waals surface area (Å²) in [6.45, 7) is 0. The lowest BCUT2D eigenvalue weighted by molar-refractivity contribution is 0.562. The molecule has 60 valence electrons. The molecule has 1 aromatic heterocycles. The molecule has 6 heteroatoms.